The summed E-state index contributed by atoms with van der Waals surface area (Å²) in [4.78, 5) is 4.27. The van der Waals surface area contributed by atoms with Gasteiger partial charge >= 0.3 is 0 Å². The Balaban J connectivity index is 2.25. The largest absolute Gasteiger partial charge is 0.310 e. The van der Waals surface area contributed by atoms with E-state index in [-0.39, 0.29) is 0 Å². The standard InChI is InChI=1S/C19H26N2/c1-4-10-21-19(13-16-8-6-7-15(3)12-16)18-9-11-20-14-17(18)5-2/h6-9,11-12,14,19,21H,4-5,10,13H2,1-3H3. The summed E-state index contributed by atoms with van der Waals surface area (Å²) in [5, 5.41) is 3.70. The highest BCUT2D eigenvalue weighted by molar-refractivity contribution is 5.30. The van der Waals surface area contributed by atoms with E-state index < -0.39 is 0 Å². The lowest BCUT2D eigenvalue weighted by molar-refractivity contribution is 0.525. The quantitative estimate of drug-likeness (QED) is 0.821. The lowest BCUT2D eigenvalue weighted by atomic mass is 9.94. The second-order valence-corrected chi connectivity index (χ2v) is 5.63. The van der Waals surface area contributed by atoms with Gasteiger partial charge in [-0.2, -0.15) is 0 Å². The molecule has 112 valence electrons. The normalized spacial score (nSPS) is 12.3. The second kappa shape index (κ2) is 7.94. The molecule has 2 heteroatoms. The third-order valence-electron chi connectivity index (χ3n) is 3.86. The third-order valence-corrected chi connectivity index (χ3v) is 3.86. The van der Waals surface area contributed by atoms with Crippen molar-refractivity contribution in [3.63, 3.8) is 0 Å². The Morgan fingerprint density at radius 1 is 1.19 bits per heavy atom. The third kappa shape index (κ3) is 4.40. The van der Waals surface area contributed by atoms with E-state index in [2.05, 4.69) is 61.4 Å². The second-order valence-electron chi connectivity index (χ2n) is 5.63. The van der Waals surface area contributed by atoms with Crippen molar-refractivity contribution in [1.29, 1.82) is 0 Å². The van der Waals surface area contributed by atoms with E-state index in [0.717, 1.165) is 25.8 Å². The van der Waals surface area contributed by atoms with Crippen LogP contribution in [0.25, 0.3) is 0 Å². The van der Waals surface area contributed by atoms with E-state index in [1.807, 2.05) is 12.4 Å². The van der Waals surface area contributed by atoms with Crippen LogP contribution in [0.15, 0.2) is 42.7 Å². The minimum atomic E-state index is 0.365. The smallest absolute Gasteiger partial charge is 0.0364 e. The summed E-state index contributed by atoms with van der Waals surface area (Å²) >= 11 is 0. The SMILES string of the molecule is CCCNC(Cc1cccc(C)c1)c1ccncc1CC. The molecule has 0 aliphatic carbocycles. The zero-order chi connectivity index (χ0) is 15.1. The average Bonchev–Trinajstić information content (AvgIpc) is 2.51. The molecule has 0 bridgehead atoms. The summed E-state index contributed by atoms with van der Waals surface area (Å²) in [6.45, 7) is 7.61. The summed E-state index contributed by atoms with van der Waals surface area (Å²) < 4.78 is 0. The summed E-state index contributed by atoms with van der Waals surface area (Å²) in [7, 11) is 0. The molecule has 1 heterocycles. The first-order valence-corrected chi connectivity index (χ1v) is 7.96. The van der Waals surface area contributed by atoms with E-state index in [1.54, 1.807) is 0 Å². The van der Waals surface area contributed by atoms with Crippen LogP contribution in [0.1, 0.15) is 48.6 Å². The number of benzene rings is 1. The molecule has 0 fully saturated rings. The lowest BCUT2D eigenvalue weighted by Gasteiger charge is -2.22. The maximum Gasteiger partial charge on any atom is 0.0364 e. The fourth-order valence-electron chi connectivity index (χ4n) is 2.76. The maximum absolute atomic E-state index is 4.27. The Morgan fingerprint density at radius 2 is 2.05 bits per heavy atom. The Hall–Kier alpha value is -1.67. The Kier molecular flexibility index (Phi) is 5.94. The molecule has 2 aromatic rings. The number of hydrogen-bond acceptors (Lipinski definition) is 2. The molecule has 0 spiro atoms. The van der Waals surface area contributed by atoms with Gasteiger partial charge in [0.05, 0.1) is 0 Å². The highest BCUT2D eigenvalue weighted by Crippen LogP contribution is 2.22. The van der Waals surface area contributed by atoms with Gasteiger partial charge in [0.15, 0.2) is 0 Å². The molecule has 2 nitrogen and oxygen atoms in total. The molecule has 0 radical (unpaired) electrons. The molecule has 0 saturated heterocycles. The lowest BCUT2D eigenvalue weighted by Crippen LogP contribution is -2.25. The molecule has 1 atom stereocenters. The number of aromatic nitrogens is 1. The molecule has 0 saturated carbocycles. The van der Waals surface area contributed by atoms with Crippen molar-refractivity contribution in [3.05, 3.63) is 65.0 Å². The average molecular weight is 282 g/mol. The van der Waals surface area contributed by atoms with Crippen LogP contribution in [-0.2, 0) is 12.8 Å². The summed E-state index contributed by atoms with van der Waals surface area (Å²) in [5.74, 6) is 0. The van der Waals surface area contributed by atoms with Crippen molar-refractivity contribution in [3.8, 4) is 0 Å². The fraction of sp³-hybridized carbons (Fsp3) is 0.421. The molecular formula is C19H26N2. The van der Waals surface area contributed by atoms with Crippen LogP contribution in [0.2, 0.25) is 0 Å². The zero-order valence-electron chi connectivity index (χ0n) is 13.4. The first-order valence-electron chi connectivity index (χ1n) is 7.96. The minimum Gasteiger partial charge on any atom is -0.310 e. The molecule has 2 rings (SSSR count). The van der Waals surface area contributed by atoms with E-state index in [1.165, 1.54) is 22.3 Å². The van der Waals surface area contributed by atoms with E-state index in [9.17, 15) is 0 Å². The molecule has 0 aliphatic heterocycles. The van der Waals surface area contributed by atoms with Crippen LogP contribution >= 0.6 is 0 Å². The van der Waals surface area contributed by atoms with Gasteiger partial charge in [-0.25, -0.2) is 0 Å². The molecule has 0 amide bonds. The van der Waals surface area contributed by atoms with Gasteiger partial charge in [-0.1, -0.05) is 43.7 Å². The van der Waals surface area contributed by atoms with Gasteiger partial charge in [0.25, 0.3) is 0 Å². The van der Waals surface area contributed by atoms with Gasteiger partial charge in [0.1, 0.15) is 0 Å². The van der Waals surface area contributed by atoms with E-state index in [4.69, 9.17) is 0 Å². The summed E-state index contributed by atoms with van der Waals surface area (Å²) in [5.41, 5.74) is 5.45. The van der Waals surface area contributed by atoms with Gasteiger partial charge in [-0.05, 0) is 55.5 Å². The Morgan fingerprint density at radius 3 is 2.76 bits per heavy atom. The topological polar surface area (TPSA) is 24.9 Å². The van der Waals surface area contributed by atoms with Gasteiger partial charge in [-0.3, -0.25) is 4.98 Å². The van der Waals surface area contributed by atoms with Crippen LogP contribution in [0.4, 0.5) is 0 Å². The number of pyridine rings is 1. The van der Waals surface area contributed by atoms with Crippen LogP contribution < -0.4 is 5.32 Å². The molecule has 21 heavy (non-hydrogen) atoms. The first kappa shape index (κ1) is 15.7. The predicted molar refractivity (Wildman–Crippen MR) is 89.5 cm³/mol. The number of nitrogens with one attached hydrogen (secondary N) is 1. The molecule has 1 aromatic carbocycles. The van der Waals surface area contributed by atoms with Crippen molar-refractivity contribution in [2.24, 2.45) is 0 Å². The van der Waals surface area contributed by atoms with Crippen LogP contribution in [-0.4, -0.2) is 11.5 Å². The van der Waals surface area contributed by atoms with Crippen LogP contribution in [0, 0.1) is 6.92 Å². The van der Waals surface area contributed by atoms with Gasteiger partial charge < -0.3 is 5.32 Å². The van der Waals surface area contributed by atoms with E-state index >= 15 is 0 Å². The van der Waals surface area contributed by atoms with E-state index in [0.29, 0.717) is 6.04 Å². The van der Waals surface area contributed by atoms with Gasteiger partial charge in [0.2, 0.25) is 0 Å². The predicted octanol–water partition coefficient (Wildman–Crippen LogP) is 4.24. The molecule has 0 aliphatic rings. The summed E-state index contributed by atoms with van der Waals surface area (Å²) in [6.07, 6.45) is 7.12. The van der Waals surface area contributed by atoms with Crippen LogP contribution in [0.5, 0.6) is 0 Å². The van der Waals surface area contributed by atoms with Crippen LogP contribution in [0.3, 0.4) is 0 Å². The van der Waals surface area contributed by atoms with Crippen molar-refractivity contribution < 1.29 is 0 Å². The molecule has 1 aromatic heterocycles. The minimum absolute atomic E-state index is 0.365. The van der Waals surface area contributed by atoms with Gasteiger partial charge in [0, 0.05) is 18.4 Å². The molecule has 1 unspecified atom stereocenters. The zero-order valence-corrected chi connectivity index (χ0v) is 13.4. The van der Waals surface area contributed by atoms with Crippen molar-refractivity contribution in [2.75, 3.05) is 6.54 Å². The Labute approximate surface area is 128 Å². The van der Waals surface area contributed by atoms with Crippen molar-refractivity contribution in [1.82, 2.24) is 10.3 Å². The fourth-order valence-corrected chi connectivity index (χ4v) is 2.76. The number of aryl methyl sites for hydroxylation is 2. The number of nitrogens with zero attached hydrogens (tertiary/aromatic N) is 1. The maximum atomic E-state index is 4.27. The summed E-state index contributed by atoms with van der Waals surface area (Å²) in [6, 6.07) is 11.3. The molecular weight excluding hydrogens is 256 g/mol. The highest BCUT2D eigenvalue weighted by atomic mass is 14.9. The monoisotopic (exact) mass is 282 g/mol. The van der Waals surface area contributed by atoms with Gasteiger partial charge in [-0.15, -0.1) is 0 Å². The Bertz CT molecular complexity index is 563. The number of hydrogen-bond donors (Lipinski definition) is 1. The number of rotatable bonds is 7. The van der Waals surface area contributed by atoms with Crippen molar-refractivity contribution in [2.45, 2.75) is 46.1 Å². The molecule has 1 N–H and O–H groups in total. The van der Waals surface area contributed by atoms with Crippen molar-refractivity contribution >= 4 is 0 Å². The first-order chi connectivity index (χ1) is 10.2. The highest BCUT2D eigenvalue weighted by Gasteiger charge is 2.14.